The fourth-order valence-electron chi connectivity index (χ4n) is 11.5. The quantitative estimate of drug-likeness (QED) is 0.370. The summed E-state index contributed by atoms with van der Waals surface area (Å²) < 4.78 is 6.05. The molecule has 0 radical (unpaired) electrons. The summed E-state index contributed by atoms with van der Waals surface area (Å²) >= 11 is 0. The number of hydrogen-bond donors (Lipinski definition) is 0. The first-order valence-electron chi connectivity index (χ1n) is 14.1. The Bertz CT molecular complexity index is 775. The zero-order chi connectivity index (χ0) is 23.2. The molecule has 8 unspecified atom stereocenters. The summed E-state index contributed by atoms with van der Waals surface area (Å²) in [5.74, 6) is 3.40. The van der Waals surface area contributed by atoms with Gasteiger partial charge in [-0.25, -0.2) is 0 Å². The molecule has 4 saturated carbocycles. The van der Waals surface area contributed by atoms with Crippen LogP contribution in [0.4, 0.5) is 0 Å². The Morgan fingerprint density at radius 2 is 1.50 bits per heavy atom. The molecule has 32 heavy (non-hydrogen) atoms. The minimum Gasteiger partial charge on any atom is -0.381 e. The second-order valence-electron chi connectivity index (χ2n) is 15.1. The molecule has 5 rings (SSSR count). The van der Waals surface area contributed by atoms with Crippen molar-refractivity contribution in [2.24, 2.45) is 50.7 Å². The van der Waals surface area contributed by atoms with Crippen molar-refractivity contribution >= 4 is 0 Å². The van der Waals surface area contributed by atoms with Crippen molar-refractivity contribution < 1.29 is 4.74 Å². The molecule has 0 spiro atoms. The van der Waals surface area contributed by atoms with Gasteiger partial charge in [-0.2, -0.15) is 0 Å². The molecule has 0 bridgehead atoms. The fraction of sp³-hybridized carbons (Fsp3) is 0.935. The van der Waals surface area contributed by atoms with Crippen LogP contribution in [0.25, 0.3) is 0 Å². The molecule has 182 valence electrons. The Labute approximate surface area is 199 Å². The van der Waals surface area contributed by atoms with Gasteiger partial charge in [-0.3, -0.25) is 0 Å². The molecule has 5 aliphatic rings. The fourth-order valence-corrected chi connectivity index (χ4v) is 11.5. The number of ether oxygens (including phenoxy) is 1. The molecule has 0 aromatic carbocycles. The summed E-state index contributed by atoms with van der Waals surface area (Å²) in [6.45, 7) is 18.3. The number of allylic oxidation sites excluding steroid dienone is 2. The number of rotatable bonds is 1. The molecule has 5 aliphatic carbocycles. The van der Waals surface area contributed by atoms with Crippen molar-refractivity contribution in [3.05, 3.63) is 11.6 Å². The maximum Gasteiger partial charge on any atom is 0.0625 e. The van der Waals surface area contributed by atoms with Crippen LogP contribution >= 0.6 is 0 Å². The summed E-state index contributed by atoms with van der Waals surface area (Å²) in [6.07, 6.45) is 18.6. The largest absolute Gasteiger partial charge is 0.381 e. The third-order valence-electron chi connectivity index (χ3n) is 12.9. The van der Waals surface area contributed by atoms with Crippen molar-refractivity contribution in [3.63, 3.8) is 0 Å². The summed E-state index contributed by atoms with van der Waals surface area (Å²) in [5.41, 5.74) is 4.20. The van der Waals surface area contributed by atoms with E-state index < -0.39 is 0 Å². The van der Waals surface area contributed by atoms with Gasteiger partial charge in [-0.15, -0.1) is 0 Å². The van der Waals surface area contributed by atoms with E-state index in [1.165, 1.54) is 70.6 Å². The lowest BCUT2D eigenvalue weighted by atomic mass is 9.42. The van der Waals surface area contributed by atoms with E-state index in [0.29, 0.717) is 33.2 Å². The van der Waals surface area contributed by atoms with Crippen molar-refractivity contribution in [3.8, 4) is 0 Å². The van der Waals surface area contributed by atoms with Gasteiger partial charge in [0.15, 0.2) is 0 Å². The summed E-state index contributed by atoms with van der Waals surface area (Å²) in [4.78, 5) is 0. The van der Waals surface area contributed by atoms with Gasteiger partial charge in [-0.05, 0) is 115 Å². The van der Waals surface area contributed by atoms with Crippen LogP contribution in [0.5, 0.6) is 0 Å². The van der Waals surface area contributed by atoms with E-state index >= 15 is 0 Å². The summed E-state index contributed by atoms with van der Waals surface area (Å²) in [7, 11) is 1.95. The molecule has 0 aromatic heterocycles. The van der Waals surface area contributed by atoms with Crippen LogP contribution in [-0.2, 0) is 4.74 Å². The highest BCUT2D eigenvalue weighted by Gasteiger charge is 2.62. The van der Waals surface area contributed by atoms with Crippen LogP contribution in [-0.4, -0.2) is 13.2 Å². The third-order valence-corrected chi connectivity index (χ3v) is 12.9. The summed E-state index contributed by atoms with van der Waals surface area (Å²) in [6, 6.07) is 0. The normalized spacial score (nSPS) is 51.9. The molecular formula is C31H52O. The molecule has 0 saturated heterocycles. The van der Waals surface area contributed by atoms with Crippen molar-refractivity contribution in [2.75, 3.05) is 7.11 Å². The van der Waals surface area contributed by atoms with Crippen molar-refractivity contribution in [2.45, 2.75) is 125 Å². The van der Waals surface area contributed by atoms with Crippen LogP contribution in [0.2, 0.25) is 0 Å². The second-order valence-corrected chi connectivity index (χ2v) is 15.1. The lowest BCUT2D eigenvalue weighted by Gasteiger charge is -2.64. The minimum absolute atomic E-state index is 0.298. The van der Waals surface area contributed by atoms with E-state index in [1.807, 2.05) is 12.7 Å². The second kappa shape index (κ2) is 7.35. The Balaban J connectivity index is 1.49. The first-order chi connectivity index (χ1) is 14.9. The Morgan fingerprint density at radius 3 is 2.22 bits per heavy atom. The highest BCUT2D eigenvalue weighted by Crippen LogP contribution is 2.70. The van der Waals surface area contributed by atoms with Crippen LogP contribution in [0, 0.1) is 50.7 Å². The third kappa shape index (κ3) is 3.11. The monoisotopic (exact) mass is 440 g/mol. The first kappa shape index (κ1) is 23.4. The molecule has 0 N–H and O–H groups in total. The topological polar surface area (TPSA) is 9.23 Å². The number of hydrogen-bond acceptors (Lipinski definition) is 1. The van der Waals surface area contributed by atoms with Gasteiger partial charge in [0.2, 0.25) is 0 Å². The number of methoxy groups -OCH3 is 1. The zero-order valence-electron chi connectivity index (χ0n) is 22.7. The van der Waals surface area contributed by atoms with Gasteiger partial charge in [0, 0.05) is 7.11 Å². The Morgan fingerprint density at radius 1 is 0.750 bits per heavy atom. The van der Waals surface area contributed by atoms with E-state index in [4.69, 9.17) is 4.74 Å². The predicted molar refractivity (Wildman–Crippen MR) is 136 cm³/mol. The average Bonchev–Trinajstić information content (AvgIpc) is 2.84. The summed E-state index contributed by atoms with van der Waals surface area (Å²) in [5, 5.41) is 0. The predicted octanol–water partition coefficient (Wildman–Crippen LogP) is 8.82. The lowest BCUT2D eigenvalue weighted by molar-refractivity contribution is -0.177. The lowest BCUT2D eigenvalue weighted by Crippen LogP contribution is -2.58. The van der Waals surface area contributed by atoms with E-state index in [0.717, 1.165) is 23.7 Å². The van der Waals surface area contributed by atoms with Crippen LogP contribution in [0.1, 0.15) is 119 Å². The molecule has 0 aromatic rings. The zero-order valence-corrected chi connectivity index (χ0v) is 22.7. The first-order valence-corrected chi connectivity index (χ1v) is 14.1. The molecule has 0 amide bonds. The molecule has 1 nitrogen and oxygen atoms in total. The minimum atomic E-state index is 0.298. The van der Waals surface area contributed by atoms with Gasteiger partial charge >= 0.3 is 0 Å². The Hall–Kier alpha value is -0.300. The van der Waals surface area contributed by atoms with Crippen LogP contribution in [0.3, 0.4) is 0 Å². The van der Waals surface area contributed by atoms with E-state index in [-0.39, 0.29) is 0 Å². The standard InChI is InChI=1S/C31H52O/c1-27(2)16-9-17-30(6)22-11-13-25-29(5,20-21(22)10-12-23(27)30)18-14-24-28(3,4)26(32-8)15-19-31(24,25)7/h10,22-26H,9,11-20H2,1-8H3. The molecule has 1 heteroatoms. The van der Waals surface area contributed by atoms with Gasteiger partial charge in [0.25, 0.3) is 0 Å². The number of fused-ring (bicyclic) bond motifs is 6. The van der Waals surface area contributed by atoms with Gasteiger partial charge in [0.1, 0.15) is 0 Å². The molecule has 0 aliphatic heterocycles. The van der Waals surface area contributed by atoms with Gasteiger partial charge < -0.3 is 4.74 Å². The van der Waals surface area contributed by atoms with Crippen molar-refractivity contribution in [1.29, 1.82) is 0 Å². The van der Waals surface area contributed by atoms with Crippen LogP contribution in [0.15, 0.2) is 11.6 Å². The molecule has 4 fully saturated rings. The van der Waals surface area contributed by atoms with Crippen LogP contribution < -0.4 is 0 Å². The highest BCUT2D eigenvalue weighted by molar-refractivity contribution is 5.24. The maximum absolute atomic E-state index is 6.05. The molecule has 8 atom stereocenters. The Kier molecular flexibility index (Phi) is 5.38. The highest BCUT2D eigenvalue weighted by atomic mass is 16.5. The van der Waals surface area contributed by atoms with E-state index in [1.54, 1.807) is 0 Å². The van der Waals surface area contributed by atoms with E-state index in [9.17, 15) is 0 Å². The SMILES string of the molecule is COC1CCC2(C)C3CCC4C(=CCC5C(C)(C)CCCC45C)CC3(C)CCC2C1(C)C. The maximum atomic E-state index is 6.05. The molecular weight excluding hydrogens is 388 g/mol. The van der Waals surface area contributed by atoms with Gasteiger partial charge in [0.05, 0.1) is 6.10 Å². The smallest absolute Gasteiger partial charge is 0.0625 e. The molecule has 0 heterocycles. The van der Waals surface area contributed by atoms with Crippen molar-refractivity contribution in [1.82, 2.24) is 0 Å². The average molecular weight is 441 g/mol. The van der Waals surface area contributed by atoms with Gasteiger partial charge in [-0.1, -0.05) is 66.5 Å². The van der Waals surface area contributed by atoms with E-state index in [2.05, 4.69) is 54.5 Å².